The van der Waals surface area contributed by atoms with E-state index in [4.69, 9.17) is 16.3 Å². The van der Waals surface area contributed by atoms with Crippen LogP contribution < -0.4 is 4.74 Å². The Balaban J connectivity index is 1.20. The number of benzene rings is 2. The Kier molecular flexibility index (Phi) is 6.61. The molecular weight excluding hydrogens is 376 g/mol. The van der Waals surface area contributed by atoms with Crippen LogP contribution in [0.4, 0.5) is 0 Å². The summed E-state index contributed by atoms with van der Waals surface area (Å²) in [7, 11) is 0. The summed E-state index contributed by atoms with van der Waals surface area (Å²) in [5, 5.41) is 0.816. The van der Waals surface area contributed by atoms with Crippen molar-refractivity contribution in [3.05, 3.63) is 58.6 Å². The van der Waals surface area contributed by atoms with Crippen LogP contribution in [0.5, 0.6) is 5.75 Å². The summed E-state index contributed by atoms with van der Waals surface area (Å²) in [4.78, 5) is 3.84. The number of hydrogen-bond acceptors (Lipinski definition) is 4. The second kappa shape index (κ2) is 9.33. The molecule has 0 amide bonds. The maximum Gasteiger partial charge on any atom is 0.119 e. The zero-order valence-corrected chi connectivity index (χ0v) is 17.3. The summed E-state index contributed by atoms with van der Waals surface area (Å²) in [5.74, 6) is 0.994. The molecule has 2 aliphatic rings. The number of ether oxygens (including phenoxy) is 1. The lowest BCUT2D eigenvalue weighted by Crippen LogP contribution is -2.29. The highest BCUT2D eigenvalue weighted by Gasteiger charge is 2.19. The van der Waals surface area contributed by atoms with Gasteiger partial charge in [0.05, 0.1) is 6.61 Å². The molecule has 0 saturated carbocycles. The van der Waals surface area contributed by atoms with Crippen LogP contribution in [-0.4, -0.2) is 35.4 Å². The molecule has 1 saturated heterocycles. The molecule has 0 spiro atoms. The van der Waals surface area contributed by atoms with E-state index >= 15 is 0 Å². The Bertz CT molecular complexity index is 764. The second-order valence-corrected chi connectivity index (χ2v) is 8.97. The van der Waals surface area contributed by atoms with Crippen molar-refractivity contribution in [1.29, 1.82) is 0 Å². The van der Waals surface area contributed by atoms with E-state index in [1.54, 1.807) is 11.9 Å². The number of piperidine rings is 1. The maximum atomic E-state index is 6.09. The average Bonchev–Trinajstić information content (AvgIpc) is 3.08. The van der Waals surface area contributed by atoms with Crippen LogP contribution in [0, 0.1) is 0 Å². The van der Waals surface area contributed by atoms with Crippen molar-refractivity contribution >= 4 is 23.5 Å². The SMILES string of the molecule is Clc1ccc2c(c1)SN(CCCOc1cccc(CN3CCCCC3)c1)C2. The van der Waals surface area contributed by atoms with Gasteiger partial charge in [-0.2, -0.15) is 0 Å². The fourth-order valence-electron chi connectivity index (χ4n) is 3.77. The van der Waals surface area contributed by atoms with Crippen LogP contribution in [0.2, 0.25) is 5.02 Å². The van der Waals surface area contributed by atoms with Crippen LogP contribution in [0.15, 0.2) is 47.4 Å². The van der Waals surface area contributed by atoms with Gasteiger partial charge in [0.2, 0.25) is 0 Å². The molecule has 2 heterocycles. The topological polar surface area (TPSA) is 15.7 Å². The van der Waals surface area contributed by atoms with Crippen molar-refractivity contribution in [2.45, 2.75) is 43.7 Å². The molecule has 3 nitrogen and oxygen atoms in total. The highest BCUT2D eigenvalue weighted by atomic mass is 35.5. The molecule has 27 heavy (non-hydrogen) atoms. The summed E-state index contributed by atoms with van der Waals surface area (Å²) >= 11 is 7.89. The van der Waals surface area contributed by atoms with E-state index in [2.05, 4.69) is 45.6 Å². The van der Waals surface area contributed by atoms with Crippen molar-refractivity contribution in [2.24, 2.45) is 0 Å². The van der Waals surface area contributed by atoms with Crippen molar-refractivity contribution in [3.8, 4) is 5.75 Å². The number of nitrogens with zero attached hydrogens (tertiary/aromatic N) is 2. The minimum atomic E-state index is 0.751. The van der Waals surface area contributed by atoms with E-state index in [1.807, 2.05) is 6.07 Å². The zero-order valence-electron chi connectivity index (χ0n) is 15.7. The molecule has 0 radical (unpaired) electrons. The summed E-state index contributed by atoms with van der Waals surface area (Å²) in [6, 6.07) is 14.8. The van der Waals surface area contributed by atoms with Crippen LogP contribution >= 0.6 is 23.5 Å². The van der Waals surface area contributed by atoms with E-state index in [1.165, 1.54) is 48.4 Å². The highest BCUT2D eigenvalue weighted by molar-refractivity contribution is 7.97. The van der Waals surface area contributed by atoms with Gasteiger partial charge in [-0.15, -0.1) is 0 Å². The Hall–Kier alpha value is -1.20. The lowest BCUT2D eigenvalue weighted by molar-refractivity contribution is 0.220. The van der Waals surface area contributed by atoms with Crippen LogP contribution in [0.1, 0.15) is 36.8 Å². The number of fused-ring (bicyclic) bond motifs is 1. The van der Waals surface area contributed by atoms with Gasteiger partial charge >= 0.3 is 0 Å². The second-order valence-electron chi connectivity index (χ2n) is 7.39. The molecule has 0 atom stereocenters. The lowest BCUT2D eigenvalue weighted by Gasteiger charge is -2.26. The zero-order chi connectivity index (χ0) is 18.5. The fraction of sp³-hybridized carbons (Fsp3) is 0.455. The third-order valence-corrected chi connectivity index (χ3v) is 6.56. The average molecular weight is 403 g/mol. The van der Waals surface area contributed by atoms with Crippen molar-refractivity contribution in [3.63, 3.8) is 0 Å². The van der Waals surface area contributed by atoms with Crippen LogP contribution in [0.3, 0.4) is 0 Å². The van der Waals surface area contributed by atoms with E-state index in [0.717, 1.165) is 43.4 Å². The molecule has 4 rings (SSSR count). The Morgan fingerprint density at radius 2 is 1.93 bits per heavy atom. The Morgan fingerprint density at radius 1 is 1.04 bits per heavy atom. The van der Waals surface area contributed by atoms with Gasteiger partial charge in [-0.3, -0.25) is 4.90 Å². The number of hydrogen-bond donors (Lipinski definition) is 0. The Labute approximate surface area is 171 Å². The van der Waals surface area contributed by atoms with Gasteiger partial charge in [0, 0.05) is 29.6 Å². The first-order valence-corrected chi connectivity index (χ1v) is 11.1. The monoisotopic (exact) mass is 402 g/mol. The largest absolute Gasteiger partial charge is 0.494 e. The molecule has 0 unspecified atom stereocenters. The van der Waals surface area contributed by atoms with Gasteiger partial charge < -0.3 is 4.74 Å². The molecule has 5 heteroatoms. The molecule has 2 aromatic rings. The van der Waals surface area contributed by atoms with E-state index in [0.29, 0.717) is 0 Å². The minimum Gasteiger partial charge on any atom is -0.494 e. The van der Waals surface area contributed by atoms with Gasteiger partial charge in [-0.05, 0) is 79.7 Å². The molecule has 0 aliphatic carbocycles. The normalized spacial score (nSPS) is 17.8. The van der Waals surface area contributed by atoms with Crippen molar-refractivity contribution < 1.29 is 4.74 Å². The molecule has 0 bridgehead atoms. The predicted molar refractivity (Wildman–Crippen MR) is 113 cm³/mol. The van der Waals surface area contributed by atoms with Crippen LogP contribution in [-0.2, 0) is 13.1 Å². The molecule has 144 valence electrons. The minimum absolute atomic E-state index is 0.751. The highest BCUT2D eigenvalue weighted by Crippen LogP contribution is 2.37. The quantitative estimate of drug-likeness (QED) is 0.441. The predicted octanol–water partition coefficient (Wildman–Crippen LogP) is 5.62. The molecule has 2 aliphatic heterocycles. The number of halogens is 1. The standard InChI is InChI=1S/C22H27ClN2OS/c23-20-9-8-19-17-25(27-22(19)15-20)12-5-13-26-21-7-4-6-18(14-21)16-24-10-2-1-3-11-24/h4,6-9,14-15H,1-3,5,10-13,16-17H2. The van der Waals surface area contributed by atoms with Gasteiger partial charge in [-0.25, -0.2) is 4.31 Å². The summed E-state index contributed by atoms with van der Waals surface area (Å²) in [6.45, 7) is 6.26. The van der Waals surface area contributed by atoms with Crippen molar-refractivity contribution in [2.75, 3.05) is 26.2 Å². The summed E-state index contributed by atoms with van der Waals surface area (Å²) in [6.07, 6.45) is 5.07. The molecular formula is C22H27ClN2OS. The number of rotatable bonds is 7. The lowest BCUT2D eigenvalue weighted by atomic mass is 10.1. The van der Waals surface area contributed by atoms with Gasteiger partial charge in [0.1, 0.15) is 5.75 Å². The molecule has 0 aromatic heterocycles. The maximum absolute atomic E-state index is 6.09. The van der Waals surface area contributed by atoms with Crippen molar-refractivity contribution in [1.82, 2.24) is 9.21 Å². The van der Waals surface area contributed by atoms with E-state index < -0.39 is 0 Å². The van der Waals surface area contributed by atoms with Gasteiger partial charge in [0.25, 0.3) is 0 Å². The van der Waals surface area contributed by atoms with E-state index in [9.17, 15) is 0 Å². The first kappa shape index (κ1) is 19.1. The van der Waals surface area contributed by atoms with Gasteiger partial charge in [-0.1, -0.05) is 36.2 Å². The van der Waals surface area contributed by atoms with Crippen LogP contribution in [0.25, 0.3) is 0 Å². The first-order valence-electron chi connectivity index (χ1n) is 9.92. The van der Waals surface area contributed by atoms with Gasteiger partial charge in [0.15, 0.2) is 0 Å². The molecule has 1 fully saturated rings. The third kappa shape index (κ3) is 5.41. The summed E-state index contributed by atoms with van der Waals surface area (Å²) in [5.41, 5.74) is 2.73. The Morgan fingerprint density at radius 3 is 2.81 bits per heavy atom. The fourth-order valence-corrected chi connectivity index (χ4v) is 5.14. The third-order valence-electron chi connectivity index (χ3n) is 5.18. The smallest absolute Gasteiger partial charge is 0.119 e. The molecule has 2 aromatic carbocycles. The number of likely N-dealkylation sites (tertiary alicyclic amines) is 1. The van der Waals surface area contributed by atoms with E-state index in [-0.39, 0.29) is 0 Å². The first-order chi connectivity index (χ1) is 13.3. The molecule has 0 N–H and O–H groups in total. The summed E-state index contributed by atoms with van der Waals surface area (Å²) < 4.78 is 8.40.